The van der Waals surface area contributed by atoms with Crippen molar-refractivity contribution in [3.05, 3.63) is 107 Å². The summed E-state index contributed by atoms with van der Waals surface area (Å²) >= 11 is 0. The van der Waals surface area contributed by atoms with Crippen LogP contribution in [-0.4, -0.2) is 20.2 Å². The van der Waals surface area contributed by atoms with Gasteiger partial charge in [-0.1, -0.05) is 233 Å². The van der Waals surface area contributed by atoms with Gasteiger partial charge in [-0.3, -0.25) is 0 Å². The fourth-order valence-electron chi connectivity index (χ4n) is 11.1. The summed E-state index contributed by atoms with van der Waals surface area (Å²) < 4.78 is 0. The van der Waals surface area contributed by atoms with Gasteiger partial charge < -0.3 is 20.2 Å². The maximum absolute atomic E-state index is 12.2. The summed E-state index contributed by atoms with van der Waals surface area (Å²) in [5.74, 6) is 1.19. The first-order chi connectivity index (χ1) is 31.7. The quantitative estimate of drug-likeness (QED) is 0.0410. The van der Waals surface area contributed by atoms with E-state index in [4.69, 9.17) is 0 Å². The molecule has 2 aromatic heterocycles. The predicted octanol–water partition coefficient (Wildman–Crippen LogP) is 19.1. The number of hydrogen-bond acceptors (Lipinski definition) is 2. The smallest absolute Gasteiger partial charge is 0.119 e. The molecule has 0 radical (unpaired) electrons. The molecule has 0 aliphatic carbocycles. The number of H-pyrrole nitrogens is 2. The van der Waals surface area contributed by atoms with Gasteiger partial charge >= 0.3 is 0 Å². The third-order valence-corrected chi connectivity index (χ3v) is 14.8. The molecule has 66 heavy (non-hydrogen) atoms. The van der Waals surface area contributed by atoms with E-state index in [1.165, 1.54) is 131 Å². The van der Waals surface area contributed by atoms with Crippen molar-refractivity contribution < 1.29 is 10.2 Å². The summed E-state index contributed by atoms with van der Waals surface area (Å²) in [6, 6.07) is 30.7. The Morgan fingerprint density at radius 2 is 0.818 bits per heavy atom. The summed E-state index contributed by atoms with van der Waals surface area (Å²) in [4.78, 5) is 7.70. The van der Waals surface area contributed by atoms with Gasteiger partial charge in [0, 0.05) is 49.7 Å². The molecule has 0 aliphatic heterocycles. The first-order valence-electron chi connectivity index (χ1n) is 26.6. The van der Waals surface area contributed by atoms with Crippen molar-refractivity contribution in [2.24, 2.45) is 5.92 Å². The molecule has 0 fully saturated rings. The molecule has 6 aromatic rings. The number of aromatic nitrogens is 2. The van der Waals surface area contributed by atoms with Crippen LogP contribution in [0.15, 0.2) is 84.9 Å². The number of rotatable bonds is 26. The van der Waals surface area contributed by atoms with Crippen molar-refractivity contribution in [3.8, 4) is 34.0 Å². The molecule has 358 valence electrons. The van der Waals surface area contributed by atoms with E-state index in [-0.39, 0.29) is 10.8 Å². The topological polar surface area (TPSA) is 72.0 Å². The zero-order valence-corrected chi connectivity index (χ0v) is 42.9. The second-order valence-electron chi connectivity index (χ2n) is 22.3. The van der Waals surface area contributed by atoms with E-state index < -0.39 is 5.41 Å². The average molecular weight is 893 g/mol. The maximum Gasteiger partial charge on any atom is 0.119 e. The second-order valence-corrected chi connectivity index (χ2v) is 22.3. The SMILES string of the molecule is CCCCCCCCCCCCC(CCCCCCC)CC(CCCC)(c1cc(C(C)(C)C)c(O)cc1-c1cc2ccccc2[nH]1)c1cc(C(C)(C)C)c(O)cc1-c1cc2ccccc2[nH]1. The normalized spacial score (nSPS) is 13.0. The van der Waals surface area contributed by atoms with Crippen LogP contribution in [0.5, 0.6) is 11.5 Å². The summed E-state index contributed by atoms with van der Waals surface area (Å²) in [5.41, 5.74) is 9.87. The largest absolute Gasteiger partial charge is 0.508 e. The molecular formula is C62H88N2O2. The molecule has 6 rings (SSSR count). The van der Waals surface area contributed by atoms with Crippen LogP contribution in [0.2, 0.25) is 0 Å². The first-order valence-corrected chi connectivity index (χ1v) is 26.6. The van der Waals surface area contributed by atoms with E-state index in [0.717, 1.165) is 70.4 Å². The van der Waals surface area contributed by atoms with Crippen LogP contribution in [0.4, 0.5) is 0 Å². The molecule has 1 atom stereocenters. The third kappa shape index (κ3) is 12.8. The van der Waals surface area contributed by atoms with Gasteiger partial charge in [-0.2, -0.15) is 0 Å². The zero-order valence-electron chi connectivity index (χ0n) is 42.9. The lowest BCUT2D eigenvalue weighted by Crippen LogP contribution is -2.34. The van der Waals surface area contributed by atoms with E-state index in [9.17, 15) is 10.2 Å². The minimum Gasteiger partial charge on any atom is -0.508 e. The van der Waals surface area contributed by atoms with Gasteiger partial charge in [-0.15, -0.1) is 0 Å². The number of para-hydroxylation sites is 2. The van der Waals surface area contributed by atoms with Crippen molar-refractivity contribution in [1.29, 1.82) is 0 Å². The number of hydrogen-bond donors (Lipinski definition) is 4. The molecule has 4 heteroatoms. The molecule has 0 spiro atoms. The Kier molecular flexibility index (Phi) is 18.2. The molecule has 4 aromatic carbocycles. The van der Waals surface area contributed by atoms with E-state index in [2.05, 4.69) is 157 Å². The van der Waals surface area contributed by atoms with Gasteiger partial charge in [0.15, 0.2) is 0 Å². The highest BCUT2D eigenvalue weighted by Crippen LogP contribution is 2.54. The Hall–Kier alpha value is -4.44. The fourth-order valence-corrected chi connectivity index (χ4v) is 11.1. The van der Waals surface area contributed by atoms with Gasteiger partial charge in [-0.25, -0.2) is 0 Å². The predicted molar refractivity (Wildman–Crippen MR) is 286 cm³/mol. The fraction of sp³-hybridized carbons (Fsp3) is 0.548. The molecular weight excluding hydrogens is 805 g/mol. The van der Waals surface area contributed by atoms with Gasteiger partial charge in [0.1, 0.15) is 11.5 Å². The number of fused-ring (bicyclic) bond motifs is 2. The highest BCUT2D eigenvalue weighted by molar-refractivity contribution is 5.89. The molecule has 0 aliphatic rings. The van der Waals surface area contributed by atoms with Crippen LogP contribution in [0.25, 0.3) is 44.3 Å². The number of phenolic OH excluding ortho intramolecular Hbond substituents is 2. The third-order valence-electron chi connectivity index (χ3n) is 14.8. The van der Waals surface area contributed by atoms with E-state index in [1.54, 1.807) is 0 Å². The van der Waals surface area contributed by atoms with Gasteiger partial charge in [-0.05, 0) is 88.2 Å². The Bertz CT molecular complexity index is 2210. The molecule has 1 unspecified atom stereocenters. The molecule has 2 heterocycles. The van der Waals surface area contributed by atoms with Gasteiger partial charge in [0.2, 0.25) is 0 Å². The molecule has 0 saturated carbocycles. The van der Waals surface area contributed by atoms with E-state index in [1.807, 2.05) is 0 Å². The summed E-state index contributed by atoms with van der Waals surface area (Å²) in [6.45, 7) is 20.4. The van der Waals surface area contributed by atoms with Crippen LogP contribution in [0.1, 0.15) is 219 Å². The van der Waals surface area contributed by atoms with Crippen molar-refractivity contribution in [2.75, 3.05) is 0 Å². The van der Waals surface area contributed by atoms with Gasteiger partial charge in [0.05, 0.1) is 0 Å². The lowest BCUT2D eigenvalue weighted by atomic mass is 9.61. The van der Waals surface area contributed by atoms with E-state index in [0.29, 0.717) is 17.4 Å². The minimum atomic E-state index is -0.469. The summed E-state index contributed by atoms with van der Waals surface area (Å²) in [7, 11) is 0. The molecule has 4 N–H and O–H groups in total. The van der Waals surface area contributed by atoms with Crippen molar-refractivity contribution in [2.45, 2.75) is 213 Å². The number of unbranched alkanes of at least 4 members (excludes halogenated alkanes) is 14. The highest BCUT2D eigenvalue weighted by atomic mass is 16.3. The second kappa shape index (κ2) is 23.5. The highest BCUT2D eigenvalue weighted by Gasteiger charge is 2.42. The van der Waals surface area contributed by atoms with Crippen molar-refractivity contribution in [3.63, 3.8) is 0 Å². The minimum absolute atomic E-state index is 0.297. The van der Waals surface area contributed by atoms with Crippen LogP contribution in [0, 0.1) is 5.92 Å². The summed E-state index contributed by atoms with van der Waals surface area (Å²) in [6.07, 6.45) is 26.3. The Morgan fingerprint density at radius 1 is 0.439 bits per heavy atom. The standard InChI is InChI=1S/C62H88N2O2/c1-10-13-16-18-19-20-21-22-24-26-32-45(31-25-23-17-14-11-2)44-62(37-15-12-3,50-42-52(60(4,5)6)58(65)40-48(50)56-38-46-33-27-29-35-54(46)63-56)51-43-53(61(7,8)9)59(66)41-49(51)57-39-47-34-28-30-36-55(47)64-57/h27-30,33-36,38-43,45,63-66H,10-26,31-32,37,44H2,1-9H3. The van der Waals surface area contributed by atoms with Crippen LogP contribution < -0.4 is 0 Å². The number of aromatic amines is 2. The van der Waals surface area contributed by atoms with Crippen LogP contribution in [0.3, 0.4) is 0 Å². The zero-order chi connectivity index (χ0) is 47.3. The monoisotopic (exact) mass is 893 g/mol. The lowest BCUT2D eigenvalue weighted by Gasteiger charge is -2.42. The first kappa shape index (κ1) is 51.0. The van der Waals surface area contributed by atoms with E-state index >= 15 is 0 Å². The van der Waals surface area contributed by atoms with Crippen LogP contribution >= 0.6 is 0 Å². The number of aromatic hydroxyl groups is 2. The number of benzene rings is 4. The van der Waals surface area contributed by atoms with Crippen LogP contribution in [-0.2, 0) is 16.2 Å². The molecule has 4 nitrogen and oxygen atoms in total. The summed E-state index contributed by atoms with van der Waals surface area (Å²) in [5, 5.41) is 26.7. The molecule has 0 amide bonds. The number of phenols is 2. The maximum atomic E-state index is 12.2. The lowest BCUT2D eigenvalue weighted by molar-refractivity contribution is 0.292. The molecule has 0 bridgehead atoms. The van der Waals surface area contributed by atoms with Crippen molar-refractivity contribution >= 4 is 21.8 Å². The Balaban J connectivity index is 1.61. The Morgan fingerprint density at radius 3 is 1.20 bits per heavy atom. The number of nitrogens with one attached hydrogen (secondary N) is 2. The van der Waals surface area contributed by atoms with Gasteiger partial charge in [0.25, 0.3) is 0 Å². The Labute approximate surface area is 400 Å². The van der Waals surface area contributed by atoms with Crippen molar-refractivity contribution in [1.82, 2.24) is 9.97 Å². The average Bonchev–Trinajstić information content (AvgIpc) is 3.92. The molecule has 0 saturated heterocycles.